The van der Waals surface area contributed by atoms with Crippen molar-refractivity contribution in [1.29, 1.82) is 0 Å². The van der Waals surface area contributed by atoms with Gasteiger partial charge in [0.05, 0.1) is 25.4 Å². The maximum absolute atomic E-state index is 12.5. The quantitative estimate of drug-likeness (QED) is 0.0320. The van der Waals surface area contributed by atoms with Gasteiger partial charge in [-0.3, -0.25) is 9.59 Å². The van der Waals surface area contributed by atoms with E-state index in [0.717, 1.165) is 51.4 Å². The van der Waals surface area contributed by atoms with Gasteiger partial charge in [-0.15, -0.1) is 0 Å². The second-order valence-electron chi connectivity index (χ2n) is 24.6. The molecule has 2 atom stereocenters. The summed E-state index contributed by atoms with van der Waals surface area (Å²) in [5.41, 5.74) is 0. The molecule has 0 aromatic heterocycles. The molecule has 0 heterocycles. The Morgan fingerprint density at radius 2 is 0.625 bits per heavy atom. The third-order valence-corrected chi connectivity index (χ3v) is 16.6. The van der Waals surface area contributed by atoms with Gasteiger partial charge in [-0.05, 0) is 89.9 Å². The molecule has 6 nitrogen and oxygen atoms in total. The highest BCUT2D eigenvalue weighted by molar-refractivity contribution is 5.76. The van der Waals surface area contributed by atoms with E-state index in [1.54, 1.807) is 6.08 Å². The summed E-state index contributed by atoms with van der Waals surface area (Å²) in [5.74, 6) is -0.0705. The van der Waals surface area contributed by atoms with Crippen LogP contribution in [0.4, 0.5) is 0 Å². The van der Waals surface area contributed by atoms with Crippen molar-refractivity contribution in [2.75, 3.05) is 13.2 Å². The number of hydrogen-bond donors (Lipinski definition) is 3. The first-order chi connectivity index (χ1) is 39.5. The molecule has 0 spiro atoms. The van der Waals surface area contributed by atoms with Crippen LogP contribution in [-0.2, 0) is 14.3 Å². The van der Waals surface area contributed by atoms with Gasteiger partial charge in [0.15, 0.2) is 0 Å². The number of amides is 1. The van der Waals surface area contributed by atoms with Gasteiger partial charge in [0.1, 0.15) is 0 Å². The van der Waals surface area contributed by atoms with Crippen LogP contribution in [0.5, 0.6) is 0 Å². The van der Waals surface area contributed by atoms with Crippen LogP contribution in [0.2, 0.25) is 0 Å². The van der Waals surface area contributed by atoms with Gasteiger partial charge >= 0.3 is 5.97 Å². The van der Waals surface area contributed by atoms with Gasteiger partial charge < -0.3 is 20.3 Å². The van der Waals surface area contributed by atoms with Crippen molar-refractivity contribution in [3.63, 3.8) is 0 Å². The molecule has 0 aromatic rings. The van der Waals surface area contributed by atoms with Crippen molar-refractivity contribution >= 4 is 11.9 Å². The minimum absolute atomic E-state index is 0.000251. The van der Waals surface area contributed by atoms with Crippen LogP contribution in [0.3, 0.4) is 0 Å². The number of carbonyl (C=O) groups excluding carboxylic acids is 2. The lowest BCUT2D eigenvalue weighted by Gasteiger charge is -2.20. The highest BCUT2D eigenvalue weighted by atomic mass is 16.5. The van der Waals surface area contributed by atoms with Gasteiger partial charge in [-0.1, -0.05) is 332 Å². The Labute approximate surface area is 499 Å². The zero-order valence-electron chi connectivity index (χ0n) is 53.8. The van der Waals surface area contributed by atoms with E-state index in [1.807, 2.05) is 6.08 Å². The number of rotatable bonds is 67. The topological polar surface area (TPSA) is 95.9 Å². The molecule has 0 aromatic carbocycles. The van der Waals surface area contributed by atoms with Crippen molar-refractivity contribution in [3.05, 3.63) is 48.6 Å². The molecule has 0 saturated heterocycles. The van der Waals surface area contributed by atoms with Crippen LogP contribution < -0.4 is 5.32 Å². The van der Waals surface area contributed by atoms with Crippen LogP contribution in [-0.4, -0.2) is 47.4 Å². The van der Waals surface area contributed by atoms with E-state index >= 15 is 0 Å². The predicted octanol–water partition coefficient (Wildman–Crippen LogP) is 23.3. The Kier molecular flexibility index (Phi) is 67.4. The van der Waals surface area contributed by atoms with Gasteiger partial charge in [0, 0.05) is 12.8 Å². The normalized spacial score (nSPS) is 12.8. The molecular formula is C74H139NO5. The molecule has 0 radical (unpaired) electrons. The summed E-state index contributed by atoms with van der Waals surface area (Å²) in [4.78, 5) is 24.6. The van der Waals surface area contributed by atoms with E-state index in [4.69, 9.17) is 4.74 Å². The second-order valence-corrected chi connectivity index (χ2v) is 24.6. The van der Waals surface area contributed by atoms with Crippen LogP contribution in [0.25, 0.3) is 0 Å². The Morgan fingerprint density at radius 1 is 0.350 bits per heavy atom. The summed E-state index contributed by atoms with van der Waals surface area (Å²) in [6.07, 6.45) is 90.5. The van der Waals surface area contributed by atoms with Gasteiger partial charge in [-0.2, -0.15) is 0 Å². The monoisotopic (exact) mass is 1120 g/mol. The zero-order valence-corrected chi connectivity index (χ0v) is 53.8. The highest BCUT2D eigenvalue weighted by Crippen LogP contribution is 2.18. The molecule has 0 aliphatic heterocycles. The number of unbranched alkanes of at least 4 members (excludes halogenated alkanes) is 50. The molecule has 0 rings (SSSR count). The molecule has 80 heavy (non-hydrogen) atoms. The molecule has 0 saturated carbocycles. The molecule has 0 aliphatic carbocycles. The Morgan fingerprint density at radius 3 is 0.963 bits per heavy atom. The summed E-state index contributed by atoms with van der Waals surface area (Å²) in [5, 5.41) is 23.3. The third kappa shape index (κ3) is 65.0. The number of esters is 1. The second kappa shape index (κ2) is 69.3. The summed E-state index contributed by atoms with van der Waals surface area (Å²) < 4.78 is 5.48. The summed E-state index contributed by atoms with van der Waals surface area (Å²) in [7, 11) is 0. The van der Waals surface area contributed by atoms with Crippen LogP contribution in [0, 0.1) is 0 Å². The van der Waals surface area contributed by atoms with Gasteiger partial charge in [0.25, 0.3) is 0 Å². The molecule has 6 heteroatoms. The van der Waals surface area contributed by atoms with Crippen molar-refractivity contribution in [3.8, 4) is 0 Å². The fourth-order valence-corrected chi connectivity index (χ4v) is 11.1. The minimum atomic E-state index is -0.851. The molecular weight excluding hydrogens is 983 g/mol. The fraction of sp³-hybridized carbons (Fsp3) is 0.865. The summed E-state index contributed by atoms with van der Waals surface area (Å²) in [6, 6.07) is -0.635. The highest BCUT2D eigenvalue weighted by Gasteiger charge is 2.18. The van der Waals surface area contributed by atoms with Crippen LogP contribution in [0.15, 0.2) is 48.6 Å². The molecule has 1 amide bonds. The molecule has 0 bridgehead atoms. The zero-order chi connectivity index (χ0) is 57.8. The number of allylic oxidation sites excluding steroid dienone is 7. The number of aliphatic hydroxyl groups is 2. The lowest BCUT2D eigenvalue weighted by Crippen LogP contribution is -2.45. The van der Waals surface area contributed by atoms with Crippen molar-refractivity contribution in [2.45, 2.75) is 398 Å². The number of ether oxygens (including phenoxy) is 1. The molecule has 2 unspecified atom stereocenters. The van der Waals surface area contributed by atoms with E-state index in [9.17, 15) is 19.8 Å². The maximum atomic E-state index is 12.5. The summed E-state index contributed by atoms with van der Waals surface area (Å²) in [6.45, 7) is 4.91. The van der Waals surface area contributed by atoms with E-state index in [2.05, 4.69) is 55.6 Å². The van der Waals surface area contributed by atoms with E-state index in [-0.39, 0.29) is 18.5 Å². The fourth-order valence-electron chi connectivity index (χ4n) is 11.1. The van der Waals surface area contributed by atoms with E-state index in [1.165, 1.54) is 308 Å². The van der Waals surface area contributed by atoms with Crippen LogP contribution >= 0.6 is 0 Å². The Hall–Kier alpha value is -2.18. The van der Waals surface area contributed by atoms with E-state index < -0.39 is 12.1 Å². The number of carbonyl (C=O) groups is 2. The molecule has 470 valence electrons. The number of aliphatic hydroxyl groups excluding tert-OH is 2. The average Bonchev–Trinajstić information content (AvgIpc) is 3.46. The molecule has 3 N–H and O–H groups in total. The van der Waals surface area contributed by atoms with Crippen LogP contribution in [0.1, 0.15) is 386 Å². The largest absolute Gasteiger partial charge is 0.466 e. The maximum Gasteiger partial charge on any atom is 0.305 e. The standard InChI is InChI=1S/C74H139NO5/c1-3-5-7-9-11-13-15-17-19-20-21-22-23-27-30-33-36-39-42-46-50-54-58-62-66-72(77)71(70-76)75-73(78)67-63-59-55-51-47-43-40-37-34-31-28-25-24-26-29-32-35-38-41-45-49-53-57-61-65-69-80-74(79)68-64-60-56-52-48-44-18-16-14-12-10-8-6-4-2/h16,18,25-26,28-29,62,66,71-72,76-77H,3-15,17,19-24,27,30-61,63-65,67-70H2,1-2H3,(H,75,78)/b18-16-,28-25-,29-26-,66-62+. The van der Waals surface area contributed by atoms with E-state index in [0.29, 0.717) is 19.4 Å². The SMILES string of the molecule is CCCCCCC/C=C\CCCCCCCC(=O)OCCCCCCCCCCC/C=C\C/C=C\CCCCCCCCCCCC(=O)NC(CO)C(O)/C=C/CCCCCCCCCCCCCCCCCCCCCCCC. The van der Waals surface area contributed by atoms with Crippen molar-refractivity contribution < 1.29 is 24.5 Å². The molecule has 0 aliphatic rings. The van der Waals surface area contributed by atoms with Gasteiger partial charge in [0.2, 0.25) is 5.91 Å². The lowest BCUT2D eigenvalue weighted by molar-refractivity contribution is -0.143. The number of hydrogen-bond acceptors (Lipinski definition) is 5. The first kappa shape index (κ1) is 77.8. The first-order valence-electron chi connectivity index (χ1n) is 35.9. The first-order valence-corrected chi connectivity index (χ1v) is 35.9. The Bertz CT molecular complexity index is 1340. The van der Waals surface area contributed by atoms with Crippen molar-refractivity contribution in [1.82, 2.24) is 5.32 Å². The average molecular weight is 1120 g/mol. The number of nitrogens with one attached hydrogen (secondary N) is 1. The Balaban J connectivity index is 3.46. The molecule has 0 fully saturated rings. The third-order valence-electron chi connectivity index (χ3n) is 16.6. The summed E-state index contributed by atoms with van der Waals surface area (Å²) >= 11 is 0. The predicted molar refractivity (Wildman–Crippen MR) is 352 cm³/mol. The smallest absolute Gasteiger partial charge is 0.305 e. The lowest BCUT2D eigenvalue weighted by atomic mass is 10.0. The minimum Gasteiger partial charge on any atom is -0.466 e. The van der Waals surface area contributed by atoms with Crippen molar-refractivity contribution in [2.24, 2.45) is 0 Å². The van der Waals surface area contributed by atoms with Gasteiger partial charge in [-0.25, -0.2) is 0 Å².